The number of hydrogen-bond acceptors (Lipinski definition) is 3. The van der Waals surface area contributed by atoms with Crippen molar-refractivity contribution in [2.24, 2.45) is 16.8 Å². The van der Waals surface area contributed by atoms with E-state index in [4.69, 9.17) is 9.73 Å². The monoisotopic (exact) mass is 760 g/mol. The Kier molecular flexibility index (Phi) is 9.82. The summed E-state index contributed by atoms with van der Waals surface area (Å²) in [5, 5.41) is 3.92. The SMILES string of the molecule is C/C=C(\N=C(NCCc1ccccc1)N1C2=CC=C3CCCCC3C2c2cccc(-c3ccc4c(c3)N(C3=CC(C)CC=C3)C3=C(CCC=C3)O4)c21)c1ccccc1. The van der Waals surface area contributed by atoms with Crippen molar-refractivity contribution in [1.29, 1.82) is 0 Å². The van der Waals surface area contributed by atoms with E-state index in [1.54, 1.807) is 5.57 Å². The van der Waals surface area contributed by atoms with Crippen LogP contribution < -0.4 is 19.9 Å². The first kappa shape index (κ1) is 36.3. The molecule has 58 heavy (non-hydrogen) atoms. The standard InChI is InChI=1S/C53H52N4O/c1-3-45(39-20-8-5-9-21-39)55-53(54-33-32-37-17-6-4-7-18-37)57-47-30-28-38-19-10-11-23-42(38)51(47)44-25-15-24-43(52(44)57)40-29-31-50-48(35-40)56(41-22-14-16-36(2)34-41)46-26-12-13-27-49(46)58-50/h3-9,12,14-15,17-18,20-22,24-26,28-31,34-36,42,51H,10-11,13,16,19,23,27,32-33H2,1-2H3,(H,54,55)/b45-3-. The van der Waals surface area contributed by atoms with E-state index in [1.165, 1.54) is 65.0 Å². The number of nitrogens with one attached hydrogen (secondary N) is 1. The molecule has 3 atom stereocenters. The van der Waals surface area contributed by atoms with Crippen molar-refractivity contribution in [2.45, 2.75) is 71.1 Å². The van der Waals surface area contributed by atoms with Crippen LogP contribution in [-0.4, -0.2) is 12.5 Å². The van der Waals surface area contributed by atoms with Crippen molar-refractivity contribution in [3.63, 3.8) is 0 Å². The van der Waals surface area contributed by atoms with Crippen molar-refractivity contribution >= 4 is 23.0 Å². The van der Waals surface area contributed by atoms with Gasteiger partial charge in [0.2, 0.25) is 5.96 Å². The number of aliphatic imine (C=N–C) groups is 1. The first-order chi connectivity index (χ1) is 28.6. The molecule has 5 nitrogen and oxygen atoms in total. The van der Waals surface area contributed by atoms with Crippen molar-refractivity contribution < 1.29 is 4.74 Å². The summed E-state index contributed by atoms with van der Waals surface area (Å²) in [4.78, 5) is 10.5. The molecule has 0 radical (unpaired) electrons. The smallest absolute Gasteiger partial charge is 0.208 e. The Hall–Kier alpha value is -6.07. The van der Waals surface area contributed by atoms with Crippen molar-refractivity contribution in [3.8, 4) is 16.9 Å². The van der Waals surface area contributed by atoms with Gasteiger partial charge >= 0.3 is 0 Å². The van der Waals surface area contributed by atoms with E-state index in [0.717, 1.165) is 72.3 Å². The summed E-state index contributed by atoms with van der Waals surface area (Å²) in [6.45, 7) is 5.15. The Morgan fingerprint density at radius 2 is 1.76 bits per heavy atom. The molecule has 0 spiro atoms. The van der Waals surface area contributed by atoms with Crippen LogP contribution in [0.2, 0.25) is 0 Å². The lowest BCUT2D eigenvalue weighted by molar-refractivity contribution is 0.387. The highest BCUT2D eigenvalue weighted by atomic mass is 16.5. The van der Waals surface area contributed by atoms with Gasteiger partial charge in [-0.15, -0.1) is 0 Å². The van der Waals surface area contributed by atoms with Crippen LogP contribution in [0.3, 0.4) is 0 Å². The average molecular weight is 761 g/mol. The van der Waals surface area contributed by atoms with Crippen LogP contribution in [0.15, 0.2) is 179 Å². The second kappa shape index (κ2) is 15.7. The molecule has 6 aliphatic rings. The summed E-state index contributed by atoms with van der Waals surface area (Å²) in [7, 11) is 0. The lowest BCUT2D eigenvalue weighted by Crippen LogP contribution is -2.42. The molecule has 0 bridgehead atoms. The van der Waals surface area contributed by atoms with Crippen LogP contribution in [0.5, 0.6) is 5.75 Å². The lowest BCUT2D eigenvalue weighted by Gasteiger charge is -2.37. The third-order valence-electron chi connectivity index (χ3n) is 12.7. The summed E-state index contributed by atoms with van der Waals surface area (Å²) in [6, 6.07) is 35.2. The maximum Gasteiger partial charge on any atom is 0.208 e. The molecule has 1 N–H and O–H groups in total. The highest BCUT2D eigenvalue weighted by molar-refractivity contribution is 6.08. The van der Waals surface area contributed by atoms with Crippen LogP contribution in [0.25, 0.3) is 16.8 Å². The normalized spacial score (nSPS) is 22.2. The maximum atomic E-state index is 6.72. The molecule has 1 fully saturated rings. The molecule has 4 aliphatic carbocycles. The zero-order valence-corrected chi connectivity index (χ0v) is 33.7. The Morgan fingerprint density at radius 1 is 0.897 bits per heavy atom. The number of rotatable bonds is 7. The largest absolute Gasteiger partial charge is 0.457 e. The summed E-state index contributed by atoms with van der Waals surface area (Å²) < 4.78 is 6.72. The molecule has 0 saturated heterocycles. The minimum absolute atomic E-state index is 0.263. The summed E-state index contributed by atoms with van der Waals surface area (Å²) >= 11 is 0. The van der Waals surface area contributed by atoms with Gasteiger partial charge in [-0.3, -0.25) is 4.90 Å². The molecule has 2 aliphatic heterocycles. The molecule has 1 saturated carbocycles. The Labute approximate surface area is 343 Å². The van der Waals surface area contributed by atoms with Gasteiger partial charge < -0.3 is 15.0 Å². The van der Waals surface area contributed by atoms with E-state index in [-0.39, 0.29) is 5.92 Å². The predicted octanol–water partition coefficient (Wildman–Crippen LogP) is 12.8. The number of nitrogens with zero attached hydrogens (tertiary/aromatic N) is 3. The fraction of sp³-hybridized carbons (Fsp3) is 0.264. The van der Waals surface area contributed by atoms with E-state index in [0.29, 0.717) is 11.8 Å². The van der Waals surface area contributed by atoms with Crippen LogP contribution in [-0.2, 0) is 6.42 Å². The number of hydrogen-bond donors (Lipinski definition) is 1. The summed E-state index contributed by atoms with van der Waals surface area (Å²) in [5.41, 5.74) is 14.7. The van der Waals surface area contributed by atoms with Gasteiger partial charge in [-0.2, -0.15) is 0 Å². The molecule has 0 amide bonds. The molecule has 0 aromatic heterocycles. The van der Waals surface area contributed by atoms with Crippen LogP contribution in [0.1, 0.15) is 81.4 Å². The Bertz CT molecular complexity index is 2480. The van der Waals surface area contributed by atoms with Gasteiger partial charge in [0.25, 0.3) is 0 Å². The number of ether oxygens (including phenoxy) is 1. The van der Waals surface area contributed by atoms with Gasteiger partial charge in [0.1, 0.15) is 5.76 Å². The van der Waals surface area contributed by atoms with Gasteiger partial charge in [0.05, 0.1) is 22.8 Å². The second-order valence-corrected chi connectivity index (χ2v) is 16.5. The topological polar surface area (TPSA) is 40.1 Å². The second-order valence-electron chi connectivity index (χ2n) is 16.5. The van der Waals surface area contributed by atoms with Gasteiger partial charge in [-0.05, 0) is 110 Å². The number of allylic oxidation sites excluding steroid dienone is 11. The van der Waals surface area contributed by atoms with Crippen LogP contribution in [0.4, 0.5) is 11.4 Å². The number of para-hydroxylation sites is 1. The Morgan fingerprint density at radius 3 is 2.60 bits per heavy atom. The highest BCUT2D eigenvalue weighted by Gasteiger charge is 2.45. The number of benzene rings is 4. The third-order valence-corrected chi connectivity index (χ3v) is 12.7. The first-order valence-corrected chi connectivity index (χ1v) is 21.5. The van der Waals surface area contributed by atoms with Gasteiger partial charge in [0, 0.05) is 35.8 Å². The first-order valence-electron chi connectivity index (χ1n) is 21.5. The van der Waals surface area contributed by atoms with Gasteiger partial charge in [-0.1, -0.05) is 134 Å². The zero-order valence-electron chi connectivity index (χ0n) is 33.7. The molecule has 10 rings (SSSR count). The fourth-order valence-corrected chi connectivity index (χ4v) is 9.93. The van der Waals surface area contributed by atoms with Crippen molar-refractivity contribution in [1.82, 2.24) is 5.32 Å². The molecular formula is C53H52N4O. The van der Waals surface area contributed by atoms with Crippen LogP contribution >= 0.6 is 0 Å². The minimum atomic E-state index is 0.263. The number of anilines is 2. The molecule has 2 heterocycles. The average Bonchev–Trinajstić information content (AvgIpc) is 3.62. The predicted molar refractivity (Wildman–Crippen MR) is 240 cm³/mol. The minimum Gasteiger partial charge on any atom is -0.457 e. The van der Waals surface area contributed by atoms with E-state index in [9.17, 15) is 0 Å². The summed E-state index contributed by atoms with van der Waals surface area (Å²) in [6.07, 6.45) is 27.3. The van der Waals surface area contributed by atoms with E-state index in [1.807, 2.05) is 0 Å². The fourth-order valence-electron chi connectivity index (χ4n) is 9.93. The Balaban J connectivity index is 1.14. The van der Waals surface area contributed by atoms with Gasteiger partial charge in [0.15, 0.2) is 5.75 Å². The highest BCUT2D eigenvalue weighted by Crippen LogP contribution is 2.57. The lowest BCUT2D eigenvalue weighted by atomic mass is 9.71. The molecule has 4 aromatic carbocycles. The third kappa shape index (κ3) is 6.66. The summed E-state index contributed by atoms with van der Waals surface area (Å²) in [5.74, 6) is 4.04. The number of guanidine groups is 1. The maximum absolute atomic E-state index is 6.72. The molecule has 5 heteroatoms. The van der Waals surface area contributed by atoms with Crippen molar-refractivity contribution in [2.75, 3.05) is 16.3 Å². The molecule has 4 aromatic rings. The van der Waals surface area contributed by atoms with E-state index < -0.39 is 0 Å². The van der Waals surface area contributed by atoms with Crippen molar-refractivity contribution in [3.05, 3.63) is 191 Å². The molecule has 290 valence electrons. The van der Waals surface area contributed by atoms with E-state index >= 15 is 0 Å². The van der Waals surface area contributed by atoms with Gasteiger partial charge in [-0.25, -0.2) is 4.99 Å². The molecule has 3 unspecified atom stereocenters. The molecular weight excluding hydrogens is 709 g/mol. The van der Waals surface area contributed by atoms with Crippen LogP contribution in [0, 0.1) is 11.8 Å². The zero-order chi connectivity index (χ0) is 39.0. The van der Waals surface area contributed by atoms with E-state index in [2.05, 4.69) is 175 Å². The quantitative estimate of drug-likeness (QED) is 0.150. The number of fused-ring (bicyclic) bond motifs is 6.